The van der Waals surface area contributed by atoms with Crippen molar-refractivity contribution in [1.29, 1.82) is 0 Å². The molecule has 2 aliphatic heterocycles. The van der Waals surface area contributed by atoms with E-state index in [1.807, 2.05) is 18.2 Å². The second kappa shape index (κ2) is 9.54. The van der Waals surface area contributed by atoms with Crippen molar-refractivity contribution >= 4 is 34.7 Å². The standard InChI is InChI=1S/C24H26ClN5O4/c1-32-23-16(25)3-2-4-17(23)29-22-19-20(30-21(22)13-5-6-27-18(26)10-13)14(11-28-24(19)31)9-15-12-33-7-8-34-15/h2-6,10,14-15,29-30H,7-9,11-12H2,1H3,(H2,26,27)(H,28,31)/t14-,15-/m0/s1. The largest absolute Gasteiger partial charge is 0.493 e. The lowest BCUT2D eigenvalue weighted by molar-refractivity contribution is -0.0928. The zero-order chi connectivity index (χ0) is 23.7. The Kier molecular flexibility index (Phi) is 6.32. The number of nitrogens with two attached hydrogens (primary N) is 1. The van der Waals surface area contributed by atoms with Gasteiger partial charge in [-0.25, -0.2) is 4.98 Å². The van der Waals surface area contributed by atoms with Gasteiger partial charge in [0.1, 0.15) is 5.82 Å². The number of H-pyrrole nitrogens is 1. The van der Waals surface area contributed by atoms with E-state index in [-0.39, 0.29) is 17.9 Å². The van der Waals surface area contributed by atoms with Crippen molar-refractivity contribution in [3.05, 3.63) is 52.8 Å². The minimum Gasteiger partial charge on any atom is -0.493 e. The van der Waals surface area contributed by atoms with E-state index in [1.165, 1.54) is 0 Å². The lowest BCUT2D eigenvalue weighted by Gasteiger charge is -2.29. The van der Waals surface area contributed by atoms with Crippen LogP contribution >= 0.6 is 11.6 Å². The van der Waals surface area contributed by atoms with Crippen LogP contribution in [0.5, 0.6) is 5.75 Å². The molecule has 0 radical (unpaired) electrons. The fourth-order valence-electron chi connectivity index (χ4n) is 4.55. The molecule has 1 amide bonds. The first kappa shape index (κ1) is 22.5. The fraction of sp³-hybridized carbons (Fsp3) is 0.333. The molecule has 34 heavy (non-hydrogen) atoms. The number of pyridine rings is 1. The number of carbonyl (C=O) groups excluding carboxylic acids is 1. The maximum Gasteiger partial charge on any atom is 0.255 e. The molecule has 3 aromatic rings. The van der Waals surface area contributed by atoms with Gasteiger partial charge in [-0.3, -0.25) is 4.79 Å². The molecule has 2 atom stereocenters. The summed E-state index contributed by atoms with van der Waals surface area (Å²) in [4.78, 5) is 20.8. The number of para-hydroxylation sites is 1. The highest BCUT2D eigenvalue weighted by Gasteiger charge is 2.35. The number of hydrogen-bond acceptors (Lipinski definition) is 7. The second-order valence-corrected chi connectivity index (χ2v) is 8.70. The molecule has 2 aliphatic rings. The van der Waals surface area contributed by atoms with Crippen LogP contribution in [0.3, 0.4) is 0 Å². The maximum absolute atomic E-state index is 13.1. The van der Waals surface area contributed by atoms with E-state index in [4.69, 9.17) is 31.5 Å². The van der Waals surface area contributed by atoms with Crippen molar-refractivity contribution in [3.8, 4) is 17.0 Å². The van der Waals surface area contributed by atoms with Gasteiger partial charge in [-0.05, 0) is 30.7 Å². The predicted octanol–water partition coefficient (Wildman–Crippen LogP) is 3.70. The third-order valence-corrected chi connectivity index (χ3v) is 6.40. The summed E-state index contributed by atoms with van der Waals surface area (Å²) in [6.45, 7) is 2.22. The molecule has 0 aliphatic carbocycles. The SMILES string of the molecule is COc1c(Cl)cccc1Nc1c(-c2ccnc(N)c2)[nH]c2c1C(=O)NC[C@@H]2C[C@H]1COCCO1. The molecule has 5 rings (SSSR count). The van der Waals surface area contributed by atoms with Crippen LogP contribution in [-0.4, -0.2) is 55.5 Å². The van der Waals surface area contributed by atoms with Crippen LogP contribution in [0.1, 0.15) is 28.4 Å². The van der Waals surface area contributed by atoms with E-state index < -0.39 is 0 Å². The van der Waals surface area contributed by atoms with Gasteiger partial charge < -0.3 is 35.6 Å². The van der Waals surface area contributed by atoms with Crippen molar-refractivity contribution in [2.75, 3.05) is 44.5 Å². The number of fused-ring (bicyclic) bond motifs is 1. The Bertz CT molecular complexity index is 1210. The van der Waals surface area contributed by atoms with Crippen LogP contribution in [0.4, 0.5) is 17.2 Å². The number of nitrogen functional groups attached to an aromatic ring is 1. The van der Waals surface area contributed by atoms with Crippen LogP contribution in [0.25, 0.3) is 11.3 Å². The predicted molar refractivity (Wildman–Crippen MR) is 130 cm³/mol. The topological polar surface area (TPSA) is 124 Å². The Hall–Kier alpha value is -3.27. The maximum atomic E-state index is 13.1. The Balaban J connectivity index is 1.62. The first-order valence-corrected chi connectivity index (χ1v) is 11.5. The number of anilines is 3. The molecule has 0 saturated carbocycles. The Morgan fingerprint density at radius 1 is 1.32 bits per heavy atom. The third-order valence-electron chi connectivity index (χ3n) is 6.11. The molecular formula is C24H26ClN5O4. The number of carbonyl (C=O) groups is 1. The molecule has 178 valence electrons. The van der Waals surface area contributed by atoms with Crippen molar-refractivity contribution in [2.45, 2.75) is 18.4 Å². The molecular weight excluding hydrogens is 458 g/mol. The molecule has 2 aromatic heterocycles. The lowest BCUT2D eigenvalue weighted by atomic mass is 9.91. The normalized spacial score (nSPS) is 19.9. The summed E-state index contributed by atoms with van der Waals surface area (Å²) in [6.07, 6.45) is 2.32. The summed E-state index contributed by atoms with van der Waals surface area (Å²) < 4.78 is 17.0. The van der Waals surface area contributed by atoms with E-state index in [9.17, 15) is 4.79 Å². The molecule has 0 bridgehead atoms. The van der Waals surface area contributed by atoms with Gasteiger partial charge in [-0.1, -0.05) is 17.7 Å². The molecule has 5 N–H and O–H groups in total. The van der Waals surface area contributed by atoms with Gasteiger partial charge >= 0.3 is 0 Å². The summed E-state index contributed by atoms with van der Waals surface area (Å²) in [5, 5.41) is 6.89. The zero-order valence-corrected chi connectivity index (χ0v) is 19.4. The van der Waals surface area contributed by atoms with Crippen molar-refractivity contribution < 1.29 is 19.0 Å². The number of nitrogens with one attached hydrogen (secondary N) is 3. The second-order valence-electron chi connectivity index (χ2n) is 8.29. The first-order valence-electron chi connectivity index (χ1n) is 11.1. The first-order chi connectivity index (χ1) is 16.5. The highest BCUT2D eigenvalue weighted by Crippen LogP contribution is 2.43. The van der Waals surface area contributed by atoms with Crippen molar-refractivity contribution in [1.82, 2.24) is 15.3 Å². The minimum absolute atomic E-state index is 0.0224. The number of halogens is 1. The number of nitrogens with zero attached hydrogens (tertiary/aromatic N) is 1. The van der Waals surface area contributed by atoms with Gasteiger partial charge in [0.05, 0.1) is 60.7 Å². The number of aromatic amines is 1. The number of benzene rings is 1. The quantitative estimate of drug-likeness (QED) is 0.421. The highest BCUT2D eigenvalue weighted by atomic mass is 35.5. The van der Waals surface area contributed by atoms with Gasteiger partial charge in [0.25, 0.3) is 5.91 Å². The molecule has 0 spiro atoms. The molecule has 1 aromatic carbocycles. The van der Waals surface area contributed by atoms with Crippen molar-refractivity contribution in [3.63, 3.8) is 0 Å². The third kappa shape index (κ3) is 4.29. The van der Waals surface area contributed by atoms with Crippen molar-refractivity contribution in [2.24, 2.45) is 0 Å². The monoisotopic (exact) mass is 483 g/mol. The molecule has 1 saturated heterocycles. The smallest absolute Gasteiger partial charge is 0.255 e. The van der Waals surface area contributed by atoms with E-state index in [1.54, 1.807) is 25.4 Å². The van der Waals surface area contributed by atoms with Crippen LogP contribution in [0.15, 0.2) is 36.5 Å². The van der Waals surface area contributed by atoms with E-state index in [2.05, 4.69) is 20.6 Å². The van der Waals surface area contributed by atoms with Gasteiger partial charge in [0, 0.05) is 29.9 Å². The summed E-state index contributed by atoms with van der Waals surface area (Å²) in [7, 11) is 1.55. The summed E-state index contributed by atoms with van der Waals surface area (Å²) in [5.41, 5.74) is 10.1. The molecule has 4 heterocycles. The molecule has 0 unspecified atom stereocenters. The van der Waals surface area contributed by atoms with Gasteiger partial charge in [-0.2, -0.15) is 0 Å². The number of methoxy groups -OCH3 is 1. The Morgan fingerprint density at radius 3 is 2.97 bits per heavy atom. The van der Waals surface area contributed by atoms with Crippen LogP contribution < -0.4 is 21.1 Å². The van der Waals surface area contributed by atoms with Gasteiger partial charge in [0.2, 0.25) is 0 Å². The average Bonchev–Trinajstić information content (AvgIpc) is 3.22. The summed E-state index contributed by atoms with van der Waals surface area (Å²) >= 11 is 6.35. The number of amides is 1. The summed E-state index contributed by atoms with van der Waals surface area (Å²) in [6, 6.07) is 9.03. The Labute approximate surface area is 201 Å². The number of rotatable bonds is 6. The minimum atomic E-state index is -0.167. The highest BCUT2D eigenvalue weighted by molar-refractivity contribution is 6.32. The lowest BCUT2D eigenvalue weighted by Crippen LogP contribution is -2.38. The van der Waals surface area contributed by atoms with E-state index in [0.717, 1.165) is 17.0 Å². The summed E-state index contributed by atoms with van der Waals surface area (Å²) in [5.74, 6) is 0.721. The van der Waals surface area contributed by atoms with Gasteiger partial charge in [-0.15, -0.1) is 0 Å². The molecule has 10 heteroatoms. The van der Waals surface area contributed by atoms with Crippen LogP contribution in [0, 0.1) is 0 Å². The van der Waals surface area contributed by atoms with Crippen LogP contribution in [0.2, 0.25) is 5.02 Å². The molecule has 1 fully saturated rings. The zero-order valence-electron chi connectivity index (χ0n) is 18.7. The number of ether oxygens (including phenoxy) is 3. The Morgan fingerprint density at radius 2 is 2.21 bits per heavy atom. The molecule has 9 nitrogen and oxygen atoms in total. The average molecular weight is 484 g/mol. The number of aromatic nitrogens is 2. The number of hydrogen-bond donors (Lipinski definition) is 4. The van der Waals surface area contributed by atoms with E-state index in [0.29, 0.717) is 66.3 Å². The van der Waals surface area contributed by atoms with Crippen LogP contribution in [-0.2, 0) is 9.47 Å². The van der Waals surface area contributed by atoms with Gasteiger partial charge in [0.15, 0.2) is 5.75 Å². The fourth-order valence-corrected chi connectivity index (χ4v) is 4.81. The van der Waals surface area contributed by atoms with E-state index >= 15 is 0 Å².